The molecule has 23 heavy (non-hydrogen) atoms. The predicted octanol–water partition coefficient (Wildman–Crippen LogP) is 2.20. The van der Waals surface area contributed by atoms with E-state index >= 15 is 0 Å². The summed E-state index contributed by atoms with van der Waals surface area (Å²) in [6.45, 7) is 9.69. The molecule has 6 heteroatoms. The average molecular weight is 318 g/mol. The molecule has 2 aliphatic heterocycles. The summed E-state index contributed by atoms with van der Waals surface area (Å²) in [7, 11) is 2.15. The standard InChI is InChI=1S/C17H26N4O2/c1-11(2)23-16-15(5-12(3)6-18-16)19-17(22)21-9-13-7-20(4)8-14(13)10-21/h5-6,11,13-14H,7-10H2,1-4H3,(H,19,22)/t13-,14+. The fraction of sp³-hybridized carbons (Fsp3) is 0.647. The molecule has 0 saturated carbocycles. The van der Waals surface area contributed by atoms with Crippen LogP contribution in [0.25, 0.3) is 0 Å². The molecule has 2 saturated heterocycles. The van der Waals surface area contributed by atoms with Crippen LogP contribution in [0.5, 0.6) is 5.88 Å². The van der Waals surface area contributed by atoms with Gasteiger partial charge in [0.1, 0.15) is 5.69 Å². The van der Waals surface area contributed by atoms with Gasteiger partial charge in [-0.25, -0.2) is 9.78 Å². The molecule has 6 nitrogen and oxygen atoms in total. The van der Waals surface area contributed by atoms with E-state index in [-0.39, 0.29) is 12.1 Å². The molecular weight excluding hydrogens is 292 g/mol. The Balaban J connectivity index is 1.67. The van der Waals surface area contributed by atoms with Crippen LogP contribution in [0.2, 0.25) is 0 Å². The molecule has 0 bridgehead atoms. The van der Waals surface area contributed by atoms with Gasteiger partial charge in [-0.15, -0.1) is 0 Å². The molecule has 0 aliphatic carbocycles. The Kier molecular flexibility index (Phi) is 4.43. The van der Waals surface area contributed by atoms with Crippen molar-refractivity contribution in [1.82, 2.24) is 14.8 Å². The largest absolute Gasteiger partial charge is 0.473 e. The summed E-state index contributed by atoms with van der Waals surface area (Å²) in [4.78, 5) is 21.2. The van der Waals surface area contributed by atoms with E-state index in [9.17, 15) is 4.79 Å². The highest BCUT2D eigenvalue weighted by Gasteiger charge is 2.40. The van der Waals surface area contributed by atoms with E-state index in [4.69, 9.17) is 4.74 Å². The fourth-order valence-corrected chi connectivity index (χ4v) is 3.55. The number of nitrogens with one attached hydrogen (secondary N) is 1. The van der Waals surface area contributed by atoms with Gasteiger partial charge in [0.05, 0.1) is 6.10 Å². The molecule has 1 aromatic rings. The second kappa shape index (κ2) is 6.35. The quantitative estimate of drug-likeness (QED) is 0.928. The zero-order valence-electron chi connectivity index (χ0n) is 14.4. The highest BCUT2D eigenvalue weighted by molar-refractivity contribution is 5.91. The second-order valence-corrected chi connectivity index (χ2v) is 7.11. The summed E-state index contributed by atoms with van der Waals surface area (Å²) in [5.74, 6) is 1.69. The first-order chi connectivity index (χ1) is 10.9. The molecule has 126 valence electrons. The van der Waals surface area contributed by atoms with Gasteiger partial charge in [0, 0.05) is 32.4 Å². The van der Waals surface area contributed by atoms with E-state index < -0.39 is 0 Å². The molecule has 0 radical (unpaired) electrons. The van der Waals surface area contributed by atoms with Gasteiger partial charge >= 0.3 is 6.03 Å². The van der Waals surface area contributed by atoms with Crippen molar-refractivity contribution in [2.75, 3.05) is 38.5 Å². The highest BCUT2D eigenvalue weighted by atomic mass is 16.5. The number of ether oxygens (including phenoxy) is 1. The van der Waals surface area contributed by atoms with Crippen LogP contribution in [-0.2, 0) is 0 Å². The lowest BCUT2D eigenvalue weighted by molar-refractivity contribution is 0.214. The van der Waals surface area contributed by atoms with Crippen LogP contribution in [0.15, 0.2) is 12.3 Å². The third kappa shape index (κ3) is 3.58. The van der Waals surface area contributed by atoms with Gasteiger partial charge in [-0.2, -0.15) is 0 Å². The first-order valence-corrected chi connectivity index (χ1v) is 8.30. The topological polar surface area (TPSA) is 57.7 Å². The maximum atomic E-state index is 12.6. The first-order valence-electron chi connectivity index (χ1n) is 8.30. The van der Waals surface area contributed by atoms with Crippen LogP contribution in [0.4, 0.5) is 10.5 Å². The van der Waals surface area contributed by atoms with Gasteiger partial charge in [0.15, 0.2) is 0 Å². The first kappa shape index (κ1) is 16.1. The number of carbonyl (C=O) groups excluding carboxylic acids is 1. The lowest BCUT2D eigenvalue weighted by Crippen LogP contribution is -2.35. The molecule has 0 spiro atoms. The Bertz CT molecular complexity index is 576. The monoisotopic (exact) mass is 318 g/mol. The maximum absolute atomic E-state index is 12.6. The molecular formula is C17H26N4O2. The minimum Gasteiger partial charge on any atom is -0.473 e. The van der Waals surface area contributed by atoms with E-state index in [0.717, 1.165) is 31.7 Å². The van der Waals surface area contributed by atoms with Crippen molar-refractivity contribution >= 4 is 11.7 Å². The number of anilines is 1. The molecule has 2 amide bonds. The third-order valence-corrected chi connectivity index (χ3v) is 4.53. The van der Waals surface area contributed by atoms with Crippen molar-refractivity contribution < 1.29 is 9.53 Å². The fourth-order valence-electron chi connectivity index (χ4n) is 3.55. The van der Waals surface area contributed by atoms with Crippen LogP contribution in [0.1, 0.15) is 19.4 Å². The normalized spacial score (nSPS) is 24.1. The number of hydrogen-bond donors (Lipinski definition) is 1. The lowest BCUT2D eigenvalue weighted by atomic mass is 10.0. The van der Waals surface area contributed by atoms with Crippen molar-refractivity contribution in [2.45, 2.75) is 26.9 Å². The van der Waals surface area contributed by atoms with Gasteiger partial charge in [0.2, 0.25) is 5.88 Å². The number of fused-ring (bicyclic) bond motifs is 1. The number of nitrogens with zero attached hydrogens (tertiary/aromatic N) is 3. The molecule has 1 aromatic heterocycles. The molecule has 1 N–H and O–H groups in total. The lowest BCUT2D eigenvalue weighted by Gasteiger charge is -2.21. The highest BCUT2D eigenvalue weighted by Crippen LogP contribution is 2.31. The molecule has 2 aliphatic rings. The van der Waals surface area contributed by atoms with Crippen LogP contribution >= 0.6 is 0 Å². The minimum absolute atomic E-state index is 0.0162. The SMILES string of the molecule is Cc1cnc(OC(C)C)c(NC(=O)N2C[C@H]3CN(C)C[C@H]3C2)c1. The Hall–Kier alpha value is -1.82. The molecule has 2 fully saturated rings. The average Bonchev–Trinajstić information content (AvgIpc) is 2.98. The molecule has 0 unspecified atom stereocenters. The van der Waals surface area contributed by atoms with Crippen LogP contribution in [-0.4, -0.2) is 60.1 Å². The van der Waals surface area contributed by atoms with E-state index in [1.807, 2.05) is 31.7 Å². The number of aryl methyl sites for hydroxylation is 1. The van der Waals surface area contributed by atoms with E-state index in [0.29, 0.717) is 23.4 Å². The molecule has 0 aromatic carbocycles. The molecule has 3 heterocycles. The zero-order valence-corrected chi connectivity index (χ0v) is 14.4. The minimum atomic E-state index is -0.0527. The Morgan fingerprint density at radius 1 is 1.30 bits per heavy atom. The molecule has 3 rings (SSSR count). The van der Waals surface area contributed by atoms with Crippen molar-refractivity contribution in [3.8, 4) is 5.88 Å². The Morgan fingerprint density at radius 2 is 1.96 bits per heavy atom. The van der Waals surface area contributed by atoms with Gasteiger partial charge in [-0.3, -0.25) is 0 Å². The predicted molar refractivity (Wildman–Crippen MR) is 89.8 cm³/mol. The van der Waals surface area contributed by atoms with Crippen LogP contribution in [0.3, 0.4) is 0 Å². The number of likely N-dealkylation sites (tertiary alicyclic amines) is 2. The summed E-state index contributed by atoms with van der Waals surface area (Å²) in [6.07, 6.45) is 1.77. The van der Waals surface area contributed by atoms with Gasteiger partial charge in [-0.1, -0.05) is 0 Å². The Morgan fingerprint density at radius 3 is 2.57 bits per heavy atom. The van der Waals surface area contributed by atoms with Gasteiger partial charge < -0.3 is 19.9 Å². The number of aromatic nitrogens is 1. The molecule has 2 atom stereocenters. The smallest absolute Gasteiger partial charge is 0.322 e. The Labute approximate surface area is 137 Å². The maximum Gasteiger partial charge on any atom is 0.322 e. The van der Waals surface area contributed by atoms with Crippen molar-refractivity contribution in [3.63, 3.8) is 0 Å². The second-order valence-electron chi connectivity index (χ2n) is 7.11. The van der Waals surface area contributed by atoms with Crippen molar-refractivity contribution in [1.29, 1.82) is 0 Å². The number of hydrogen-bond acceptors (Lipinski definition) is 4. The van der Waals surface area contributed by atoms with E-state index in [1.54, 1.807) is 6.20 Å². The van der Waals surface area contributed by atoms with Crippen LogP contribution in [0, 0.1) is 18.8 Å². The summed E-state index contributed by atoms with van der Waals surface area (Å²) in [5.41, 5.74) is 1.65. The van der Waals surface area contributed by atoms with Crippen molar-refractivity contribution in [3.05, 3.63) is 17.8 Å². The van der Waals surface area contributed by atoms with Crippen LogP contribution < -0.4 is 10.1 Å². The number of carbonyl (C=O) groups is 1. The number of urea groups is 1. The third-order valence-electron chi connectivity index (χ3n) is 4.53. The number of pyridine rings is 1. The summed E-state index contributed by atoms with van der Waals surface area (Å²) in [6, 6.07) is 1.86. The number of amides is 2. The number of rotatable bonds is 3. The summed E-state index contributed by atoms with van der Waals surface area (Å²) in [5, 5.41) is 2.99. The van der Waals surface area contributed by atoms with Gasteiger partial charge in [-0.05, 0) is 51.3 Å². The zero-order chi connectivity index (χ0) is 16.6. The van der Waals surface area contributed by atoms with E-state index in [2.05, 4.69) is 22.2 Å². The summed E-state index contributed by atoms with van der Waals surface area (Å²) < 4.78 is 5.70. The van der Waals surface area contributed by atoms with Crippen molar-refractivity contribution in [2.24, 2.45) is 11.8 Å². The summed E-state index contributed by atoms with van der Waals surface area (Å²) >= 11 is 0. The van der Waals surface area contributed by atoms with Gasteiger partial charge in [0.25, 0.3) is 0 Å². The van der Waals surface area contributed by atoms with E-state index in [1.165, 1.54) is 0 Å².